The quantitative estimate of drug-likeness (QED) is 0.604. The third-order valence-electron chi connectivity index (χ3n) is 1.70. The third-order valence-corrected chi connectivity index (χ3v) is 1.70. The number of carbonyl (C=O) groups excluding carboxylic acids is 2. The number of hydrogen-bond donors (Lipinski definition) is 3. The summed E-state index contributed by atoms with van der Waals surface area (Å²) in [6, 6.07) is -0.633. The standard InChI is InChI=1S/C9H16N2O5/c1-4-10-9(15)11-7(12)5(2)16-6(3)8(13)14/h5-6H,4H2,1-3H3,(H,13,14)(H2,10,11,12,15)/t5?,6-/m0/s1. The number of carboxylic acid groups (broad SMARTS) is 1. The minimum Gasteiger partial charge on any atom is -0.479 e. The van der Waals surface area contributed by atoms with Crippen LogP contribution in [0.1, 0.15) is 20.8 Å². The molecule has 0 aliphatic carbocycles. The number of urea groups is 1. The molecule has 2 atom stereocenters. The molecule has 0 spiro atoms. The van der Waals surface area contributed by atoms with Crippen molar-refractivity contribution in [1.82, 2.24) is 10.6 Å². The molecule has 0 fully saturated rings. The van der Waals surface area contributed by atoms with E-state index in [1.807, 2.05) is 5.32 Å². The highest BCUT2D eigenvalue weighted by molar-refractivity contribution is 5.96. The van der Waals surface area contributed by atoms with E-state index >= 15 is 0 Å². The number of hydrogen-bond acceptors (Lipinski definition) is 4. The van der Waals surface area contributed by atoms with Crippen LogP contribution in [0.25, 0.3) is 0 Å². The lowest BCUT2D eigenvalue weighted by atomic mass is 10.3. The Hall–Kier alpha value is -1.63. The van der Waals surface area contributed by atoms with Crippen LogP contribution in [0.3, 0.4) is 0 Å². The van der Waals surface area contributed by atoms with Gasteiger partial charge in [-0.15, -0.1) is 0 Å². The molecule has 3 amide bonds. The third kappa shape index (κ3) is 5.30. The van der Waals surface area contributed by atoms with Crippen molar-refractivity contribution in [3.05, 3.63) is 0 Å². The minimum absolute atomic E-state index is 0.389. The zero-order chi connectivity index (χ0) is 12.7. The minimum atomic E-state index is -1.17. The number of rotatable bonds is 5. The summed E-state index contributed by atoms with van der Waals surface area (Å²) in [6.07, 6.45) is -2.11. The molecule has 3 N–H and O–H groups in total. The zero-order valence-electron chi connectivity index (χ0n) is 9.44. The molecule has 92 valence electrons. The van der Waals surface area contributed by atoms with E-state index in [1.54, 1.807) is 6.92 Å². The van der Waals surface area contributed by atoms with Gasteiger partial charge in [0.25, 0.3) is 5.91 Å². The zero-order valence-corrected chi connectivity index (χ0v) is 9.44. The van der Waals surface area contributed by atoms with Crippen molar-refractivity contribution in [1.29, 1.82) is 0 Å². The normalized spacial score (nSPS) is 13.7. The van der Waals surface area contributed by atoms with E-state index < -0.39 is 30.1 Å². The molecule has 0 heterocycles. The first-order valence-corrected chi connectivity index (χ1v) is 4.85. The van der Waals surface area contributed by atoms with Crippen molar-refractivity contribution in [3.8, 4) is 0 Å². The first kappa shape index (κ1) is 14.4. The summed E-state index contributed by atoms with van der Waals surface area (Å²) >= 11 is 0. The molecular weight excluding hydrogens is 216 g/mol. The van der Waals surface area contributed by atoms with Crippen molar-refractivity contribution in [3.63, 3.8) is 0 Å². The summed E-state index contributed by atoms with van der Waals surface area (Å²) in [6.45, 7) is 4.77. The van der Waals surface area contributed by atoms with Gasteiger partial charge in [-0.2, -0.15) is 0 Å². The first-order chi connectivity index (χ1) is 7.38. The number of imide groups is 1. The van der Waals surface area contributed by atoms with E-state index in [1.165, 1.54) is 13.8 Å². The van der Waals surface area contributed by atoms with E-state index in [4.69, 9.17) is 9.84 Å². The maximum atomic E-state index is 11.3. The lowest BCUT2D eigenvalue weighted by Crippen LogP contribution is -2.45. The van der Waals surface area contributed by atoms with Gasteiger partial charge in [0.15, 0.2) is 6.10 Å². The van der Waals surface area contributed by atoms with Gasteiger partial charge in [0.05, 0.1) is 0 Å². The van der Waals surface area contributed by atoms with E-state index in [-0.39, 0.29) is 0 Å². The van der Waals surface area contributed by atoms with Crippen LogP contribution in [0, 0.1) is 0 Å². The lowest BCUT2D eigenvalue weighted by Gasteiger charge is -2.15. The maximum absolute atomic E-state index is 11.3. The van der Waals surface area contributed by atoms with Crippen LogP contribution >= 0.6 is 0 Å². The summed E-state index contributed by atoms with van der Waals surface area (Å²) in [7, 11) is 0. The van der Waals surface area contributed by atoms with Crippen molar-refractivity contribution in [2.75, 3.05) is 6.54 Å². The summed E-state index contributed by atoms with van der Waals surface area (Å²) in [5.41, 5.74) is 0. The van der Waals surface area contributed by atoms with Gasteiger partial charge in [-0.05, 0) is 20.8 Å². The topological polar surface area (TPSA) is 105 Å². The fourth-order valence-corrected chi connectivity index (χ4v) is 0.844. The molecule has 0 radical (unpaired) electrons. The Morgan fingerprint density at radius 3 is 2.25 bits per heavy atom. The van der Waals surface area contributed by atoms with E-state index in [2.05, 4.69) is 5.32 Å². The van der Waals surface area contributed by atoms with Gasteiger partial charge in [0.1, 0.15) is 6.10 Å². The highest BCUT2D eigenvalue weighted by atomic mass is 16.5. The summed E-state index contributed by atoms with van der Waals surface area (Å²) in [4.78, 5) is 32.7. The number of nitrogens with one attached hydrogen (secondary N) is 2. The molecule has 1 unspecified atom stereocenters. The highest BCUT2D eigenvalue weighted by Crippen LogP contribution is 1.98. The Balaban J connectivity index is 4.08. The van der Waals surface area contributed by atoms with Crippen LogP contribution in [0.15, 0.2) is 0 Å². The van der Waals surface area contributed by atoms with Crippen LogP contribution in [0.5, 0.6) is 0 Å². The van der Waals surface area contributed by atoms with Crippen molar-refractivity contribution in [2.24, 2.45) is 0 Å². The predicted octanol–water partition coefficient (Wildman–Crippen LogP) is -0.290. The van der Waals surface area contributed by atoms with Gasteiger partial charge in [-0.25, -0.2) is 9.59 Å². The smallest absolute Gasteiger partial charge is 0.332 e. The maximum Gasteiger partial charge on any atom is 0.332 e. The van der Waals surface area contributed by atoms with Gasteiger partial charge in [-0.3, -0.25) is 10.1 Å². The van der Waals surface area contributed by atoms with E-state index in [9.17, 15) is 14.4 Å². The second-order valence-corrected chi connectivity index (χ2v) is 3.11. The fourth-order valence-electron chi connectivity index (χ4n) is 0.844. The van der Waals surface area contributed by atoms with E-state index in [0.29, 0.717) is 6.54 Å². The number of carbonyl (C=O) groups is 3. The highest BCUT2D eigenvalue weighted by Gasteiger charge is 2.21. The molecule has 0 aromatic rings. The Kier molecular flexibility index (Phi) is 6.09. The molecule has 0 saturated heterocycles. The number of carboxylic acids is 1. The van der Waals surface area contributed by atoms with Gasteiger partial charge in [-0.1, -0.05) is 0 Å². The Labute approximate surface area is 93.2 Å². The summed E-state index contributed by atoms with van der Waals surface area (Å²) in [5.74, 6) is -1.85. The summed E-state index contributed by atoms with van der Waals surface area (Å²) < 4.78 is 4.86. The van der Waals surface area contributed by atoms with Crippen molar-refractivity contribution >= 4 is 17.9 Å². The largest absolute Gasteiger partial charge is 0.479 e. The number of amides is 3. The molecule has 7 nitrogen and oxygen atoms in total. The SMILES string of the molecule is CCNC(=O)NC(=O)C(C)O[C@@H](C)C(=O)O. The Bertz CT molecular complexity index is 279. The van der Waals surface area contributed by atoms with Crippen LogP contribution in [-0.2, 0) is 14.3 Å². The summed E-state index contributed by atoms with van der Waals surface area (Å²) in [5, 5.41) is 12.9. The van der Waals surface area contributed by atoms with E-state index in [0.717, 1.165) is 0 Å². The Morgan fingerprint density at radius 1 is 1.25 bits per heavy atom. The number of ether oxygens (including phenoxy) is 1. The second-order valence-electron chi connectivity index (χ2n) is 3.11. The van der Waals surface area contributed by atoms with Crippen LogP contribution < -0.4 is 10.6 Å². The molecule has 0 aliphatic rings. The van der Waals surface area contributed by atoms with Crippen LogP contribution in [0.4, 0.5) is 4.79 Å². The molecule has 16 heavy (non-hydrogen) atoms. The van der Waals surface area contributed by atoms with Gasteiger partial charge in [0.2, 0.25) is 0 Å². The van der Waals surface area contributed by atoms with Crippen LogP contribution in [0.2, 0.25) is 0 Å². The van der Waals surface area contributed by atoms with Crippen molar-refractivity contribution < 1.29 is 24.2 Å². The molecule has 0 aromatic carbocycles. The molecule has 0 aliphatic heterocycles. The lowest BCUT2D eigenvalue weighted by molar-refractivity contribution is -0.155. The predicted molar refractivity (Wildman–Crippen MR) is 54.9 cm³/mol. The fraction of sp³-hybridized carbons (Fsp3) is 0.667. The monoisotopic (exact) mass is 232 g/mol. The van der Waals surface area contributed by atoms with Crippen molar-refractivity contribution in [2.45, 2.75) is 33.0 Å². The molecule has 7 heteroatoms. The van der Waals surface area contributed by atoms with Crippen LogP contribution in [-0.4, -0.2) is 41.8 Å². The molecule has 0 rings (SSSR count). The molecule has 0 saturated carbocycles. The average molecular weight is 232 g/mol. The number of aliphatic carboxylic acids is 1. The second kappa shape index (κ2) is 6.78. The average Bonchev–Trinajstić information content (AvgIpc) is 2.17. The Morgan fingerprint density at radius 2 is 1.81 bits per heavy atom. The van der Waals surface area contributed by atoms with Gasteiger partial charge < -0.3 is 15.2 Å². The van der Waals surface area contributed by atoms with Gasteiger partial charge >= 0.3 is 12.0 Å². The van der Waals surface area contributed by atoms with Gasteiger partial charge in [0, 0.05) is 6.54 Å². The molecule has 0 bridgehead atoms. The molecule has 0 aromatic heterocycles. The molecular formula is C9H16N2O5. The first-order valence-electron chi connectivity index (χ1n) is 4.85.